The van der Waals surface area contributed by atoms with Crippen LogP contribution >= 0.6 is 11.8 Å². The van der Waals surface area contributed by atoms with Crippen molar-refractivity contribution in [1.29, 1.82) is 0 Å². The topological polar surface area (TPSA) is 88.2 Å². The molecule has 19 heavy (non-hydrogen) atoms. The Bertz CT molecular complexity index is 639. The van der Waals surface area contributed by atoms with Crippen molar-refractivity contribution >= 4 is 28.8 Å². The smallest absolute Gasteiger partial charge is 0.338 e. The van der Waals surface area contributed by atoms with E-state index in [1.54, 1.807) is 11.7 Å². The van der Waals surface area contributed by atoms with Crippen molar-refractivity contribution in [1.82, 2.24) is 14.8 Å². The van der Waals surface area contributed by atoms with Crippen LogP contribution in [0.4, 0.5) is 0 Å². The molecule has 2 heterocycles. The van der Waals surface area contributed by atoms with Crippen LogP contribution in [0.3, 0.4) is 0 Å². The molecule has 7 heteroatoms. The summed E-state index contributed by atoms with van der Waals surface area (Å²) in [6.45, 7) is 3.64. The second-order valence-electron chi connectivity index (χ2n) is 4.32. The minimum absolute atomic E-state index is 0.0210. The molecule has 0 aliphatic carbocycles. The Balaban J connectivity index is 2.72. The maximum atomic E-state index is 11.3. The number of aromatic nitrogens is 3. The number of carboxylic acids is 1. The summed E-state index contributed by atoms with van der Waals surface area (Å²) < 4.78 is 1.63. The molecule has 0 aliphatic rings. The van der Waals surface area contributed by atoms with Crippen molar-refractivity contribution < 1.29 is 15.0 Å². The fraction of sp³-hybridized carbons (Fsp3) is 0.417. The van der Waals surface area contributed by atoms with Crippen LogP contribution in [-0.4, -0.2) is 42.8 Å². The number of hydrogen-bond donors (Lipinski definition) is 2. The molecular weight excluding hydrogens is 266 g/mol. The van der Waals surface area contributed by atoms with Gasteiger partial charge >= 0.3 is 5.97 Å². The molecule has 102 valence electrons. The molecule has 0 saturated carbocycles. The molecule has 1 atom stereocenters. The predicted molar refractivity (Wildman–Crippen MR) is 72.6 cm³/mol. The van der Waals surface area contributed by atoms with Crippen molar-refractivity contribution in [3.63, 3.8) is 0 Å². The SMILES string of the molecule is Cc1nn(C)c2ncc(C(=O)O)c(SC(C)CO)c12. The Kier molecular flexibility index (Phi) is 3.77. The van der Waals surface area contributed by atoms with Gasteiger partial charge in [0.15, 0.2) is 5.65 Å². The summed E-state index contributed by atoms with van der Waals surface area (Å²) in [6.07, 6.45) is 1.35. The van der Waals surface area contributed by atoms with Gasteiger partial charge in [0.1, 0.15) is 0 Å². The predicted octanol–water partition coefficient (Wildman–Crippen LogP) is 1.45. The number of aromatic carboxylic acids is 1. The third-order valence-electron chi connectivity index (χ3n) is 2.79. The van der Waals surface area contributed by atoms with Crippen LogP contribution in [0, 0.1) is 6.92 Å². The lowest BCUT2D eigenvalue weighted by Gasteiger charge is -2.11. The van der Waals surface area contributed by atoms with Crippen molar-refractivity contribution in [2.75, 3.05) is 6.61 Å². The van der Waals surface area contributed by atoms with E-state index in [-0.39, 0.29) is 17.4 Å². The molecule has 0 radical (unpaired) electrons. The molecule has 0 amide bonds. The molecule has 0 saturated heterocycles. The second kappa shape index (κ2) is 5.18. The Morgan fingerprint density at radius 3 is 2.84 bits per heavy atom. The zero-order chi connectivity index (χ0) is 14.2. The van der Waals surface area contributed by atoms with Crippen molar-refractivity contribution in [2.45, 2.75) is 24.0 Å². The lowest BCUT2D eigenvalue weighted by molar-refractivity contribution is 0.0693. The number of rotatable bonds is 4. The number of hydrogen-bond acceptors (Lipinski definition) is 5. The van der Waals surface area contributed by atoms with Gasteiger partial charge < -0.3 is 10.2 Å². The van der Waals surface area contributed by atoms with E-state index in [1.807, 2.05) is 13.8 Å². The summed E-state index contributed by atoms with van der Waals surface area (Å²) in [5.74, 6) is -1.02. The molecule has 6 nitrogen and oxygen atoms in total. The third kappa shape index (κ3) is 2.43. The molecule has 0 aromatic carbocycles. The van der Waals surface area contributed by atoms with Gasteiger partial charge in [0.05, 0.1) is 23.3 Å². The highest BCUT2D eigenvalue weighted by Gasteiger charge is 2.21. The maximum absolute atomic E-state index is 11.3. The van der Waals surface area contributed by atoms with Gasteiger partial charge in [-0.1, -0.05) is 6.92 Å². The first-order valence-electron chi connectivity index (χ1n) is 5.78. The van der Waals surface area contributed by atoms with E-state index in [2.05, 4.69) is 10.1 Å². The highest BCUT2D eigenvalue weighted by molar-refractivity contribution is 8.00. The van der Waals surface area contributed by atoms with E-state index < -0.39 is 5.97 Å². The Labute approximate surface area is 114 Å². The monoisotopic (exact) mass is 281 g/mol. The van der Waals surface area contributed by atoms with Crippen LogP contribution in [-0.2, 0) is 7.05 Å². The number of aryl methyl sites for hydroxylation is 2. The summed E-state index contributed by atoms with van der Waals surface area (Å²) in [6, 6.07) is 0. The first-order chi connectivity index (χ1) is 8.95. The van der Waals surface area contributed by atoms with E-state index in [4.69, 9.17) is 5.11 Å². The van der Waals surface area contributed by atoms with Crippen LogP contribution in [0.15, 0.2) is 11.1 Å². The van der Waals surface area contributed by atoms with Crippen LogP contribution < -0.4 is 0 Å². The Morgan fingerprint density at radius 1 is 1.58 bits per heavy atom. The number of aliphatic hydroxyl groups excluding tert-OH is 1. The first-order valence-corrected chi connectivity index (χ1v) is 6.66. The molecule has 2 rings (SSSR count). The summed E-state index contributed by atoms with van der Waals surface area (Å²) >= 11 is 1.33. The fourth-order valence-electron chi connectivity index (χ4n) is 1.89. The summed E-state index contributed by atoms with van der Waals surface area (Å²) in [7, 11) is 1.77. The molecular formula is C12H15N3O3S. The number of fused-ring (bicyclic) bond motifs is 1. The van der Waals surface area contributed by atoms with Crippen molar-refractivity contribution in [3.8, 4) is 0 Å². The zero-order valence-electron chi connectivity index (χ0n) is 10.9. The Morgan fingerprint density at radius 2 is 2.26 bits per heavy atom. The van der Waals surface area contributed by atoms with Gasteiger partial charge in [-0.3, -0.25) is 4.68 Å². The van der Waals surface area contributed by atoms with Crippen LogP contribution in [0.25, 0.3) is 11.0 Å². The standard InChI is InChI=1S/C12H15N3O3S/c1-6(5-16)19-10-8(12(17)18)4-13-11-9(10)7(2)14-15(11)3/h4,6,16H,5H2,1-3H3,(H,17,18). The van der Waals surface area contributed by atoms with Gasteiger partial charge in [-0.2, -0.15) is 5.10 Å². The number of thioether (sulfide) groups is 1. The third-order valence-corrected chi connectivity index (χ3v) is 4.00. The number of nitrogens with zero attached hydrogens (tertiary/aromatic N) is 3. The molecule has 0 aliphatic heterocycles. The number of aliphatic hydroxyl groups is 1. The highest BCUT2D eigenvalue weighted by atomic mass is 32.2. The quantitative estimate of drug-likeness (QED) is 0.825. The van der Waals surface area contributed by atoms with Gasteiger partial charge in [0, 0.05) is 23.4 Å². The fourth-order valence-corrected chi connectivity index (χ4v) is 2.99. The molecule has 0 spiro atoms. The van der Waals surface area contributed by atoms with E-state index in [0.29, 0.717) is 10.5 Å². The van der Waals surface area contributed by atoms with Gasteiger partial charge in [0.25, 0.3) is 0 Å². The summed E-state index contributed by atoms with van der Waals surface area (Å²) in [5, 5.41) is 23.4. The number of carboxylic acid groups (broad SMARTS) is 1. The molecule has 2 aromatic heterocycles. The van der Waals surface area contributed by atoms with Gasteiger partial charge in [-0.25, -0.2) is 9.78 Å². The summed E-state index contributed by atoms with van der Waals surface area (Å²) in [4.78, 5) is 16.1. The van der Waals surface area contributed by atoms with E-state index in [0.717, 1.165) is 11.1 Å². The normalized spacial score (nSPS) is 12.8. The zero-order valence-corrected chi connectivity index (χ0v) is 11.7. The maximum Gasteiger partial charge on any atom is 0.338 e. The van der Waals surface area contributed by atoms with Gasteiger partial charge in [0.2, 0.25) is 0 Å². The van der Waals surface area contributed by atoms with Crippen molar-refractivity contribution in [2.24, 2.45) is 7.05 Å². The van der Waals surface area contributed by atoms with E-state index >= 15 is 0 Å². The van der Waals surface area contributed by atoms with E-state index in [9.17, 15) is 9.90 Å². The largest absolute Gasteiger partial charge is 0.478 e. The molecule has 2 aromatic rings. The highest BCUT2D eigenvalue weighted by Crippen LogP contribution is 2.34. The van der Waals surface area contributed by atoms with Gasteiger partial charge in [-0.15, -0.1) is 11.8 Å². The minimum Gasteiger partial charge on any atom is -0.478 e. The van der Waals surface area contributed by atoms with Crippen molar-refractivity contribution in [3.05, 3.63) is 17.5 Å². The first kappa shape index (κ1) is 13.8. The average molecular weight is 281 g/mol. The minimum atomic E-state index is -1.02. The van der Waals surface area contributed by atoms with Gasteiger partial charge in [-0.05, 0) is 6.92 Å². The molecule has 1 unspecified atom stereocenters. The van der Waals surface area contributed by atoms with Crippen LogP contribution in [0.5, 0.6) is 0 Å². The average Bonchev–Trinajstić information content (AvgIpc) is 2.65. The molecule has 0 bridgehead atoms. The second-order valence-corrected chi connectivity index (χ2v) is 5.77. The number of pyridine rings is 1. The molecule has 2 N–H and O–H groups in total. The lowest BCUT2D eigenvalue weighted by atomic mass is 10.2. The van der Waals surface area contributed by atoms with Crippen LogP contribution in [0.1, 0.15) is 23.0 Å². The Hall–Kier alpha value is -1.60. The van der Waals surface area contributed by atoms with Crippen LogP contribution in [0.2, 0.25) is 0 Å². The van der Waals surface area contributed by atoms with E-state index in [1.165, 1.54) is 18.0 Å². The molecule has 0 fully saturated rings. The lowest BCUT2D eigenvalue weighted by Crippen LogP contribution is -2.07. The summed E-state index contributed by atoms with van der Waals surface area (Å²) in [5.41, 5.74) is 1.53. The number of carbonyl (C=O) groups is 1.